The number of halogens is 5. The molecule has 1 aromatic carbocycles. The minimum absolute atomic E-state index is 0.266. The van der Waals surface area contributed by atoms with E-state index in [0.717, 1.165) is 12.1 Å². The number of aliphatic hydroxyl groups is 1. The summed E-state index contributed by atoms with van der Waals surface area (Å²) in [4.78, 5) is 11.7. The molecule has 8 heteroatoms. The highest BCUT2D eigenvalue weighted by Crippen LogP contribution is 2.46. The van der Waals surface area contributed by atoms with Crippen molar-refractivity contribution in [2.75, 3.05) is 5.32 Å². The quantitative estimate of drug-likeness (QED) is 0.825. The highest BCUT2D eigenvalue weighted by molar-refractivity contribution is 6.05. The van der Waals surface area contributed by atoms with Gasteiger partial charge in [-0.2, -0.15) is 22.0 Å². The van der Waals surface area contributed by atoms with Crippen molar-refractivity contribution in [2.45, 2.75) is 37.5 Å². The molecular weight excluding hydrogens is 297 g/mol. The normalized spacial score (nSPS) is 19.1. The highest BCUT2D eigenvalue weighted by Gasteiger charge is 2.62. The van der Waals surface area contributed by atoms with Crippen LogP contribution in [0.1, 0.15) is 31.1 Å². The lowest BCUT2D eigenvalue weighted by molar-refractivity contribution is -0.315. The second-order valence-electron chi connectivity index (χ2n) is 5.41. The van der Waals surface area contributed by atoms with Gasteiger partial charge in [0, 0.05) is 5.69 Å². The first-order valence-electron chi connectivity index (χ1n) is 5.97. The van der Waals surface area contributed by atoms with E-state index < -0.39 is 35.1 Å². The van der Waals surface area contributed by atoms with E-state index in [2.05, 4.69) is 5.32 Å². The SMILES string of the molecule is CC1(C)C(=O)Nc2ccc(C(O)C(F)(F)C(F)(F)F)cc21. The Labute approximate surface area is 116 Å². The Morgan fingerprint density at radius 3 is 2.29 bits per heavy atom. The Bertz CT molecular complexity index is 595. The lowest BCUT2D eigenvalue weighted by Crippen LogP contribution is -2.42. The number of aliphatic hydroxyl groups excluding tert-OH is 1. The summed E-state index contributed by atoms with van der Waals surface area (Å²) < 4.78 is 63.2. The van der Waals surface area contributed by atoms with E-state index in [4.69, 9.17) is 0 Å². The molecule has 2 N–H and O–H groups in total. The van der Waals surface area contributed by atoms with E-state index in [0.29, 0.717) is 5.69 Å². The van der Waals surface area contributed by atoms with Crippen molar-refractivity contribution in [3.63, 3.8) is 0 Å². The van der Waals surface area contributed by atoms with Crippen LogP contribution in [0.2, 0.25) is 0 Å². The summed E-state index contributed by atoms with van der Waals surface area (Å²) in [6.45, 7) is 3.01. The third kappa shape index (κ3) is 2.27. The summed E-state index contributed by atoms with van der Waals surface area (Å²) in [5.74, 6) is -5.67. The molecule has 1 aromatic rings. The van der Waals surface area contributed by atoms with Crippen LogP contribution in [0.4, 0.5) is 27.6 Å². The maximum atomic E-state index is 13.2. The molecule has 21 heavy (non-hydrogen) atoms. The van der Waals surface area contributed by atoms with Gasteiger partial charge in [-0.15, -0.1) is 0 Å². The molecule has 0 saturated carbocycles. The molecule has 116 valence electrons. The fraction of sp³-hybridized carbons (Fsp3) is 0.462. The fourth-order valence-electron chi connectivity index (χ4n) is 2.12. The van der Waals surface area contributed by atoms with Gasteiger partial charge in [-0.05, 0) is 37.1 Å². The van der Waals surface area contributed by atoms with E-state index in [1.165, 1.54) is 19.9 Å². The molecule has 1 aliphatic rings. The van der Waals surface area contributed by atoms with Gasteiger partial charge in [-0.1, -0.05) is 6.07 Å². The second kappa shape index (κ2) is 4.40. The number of hydrogen-bond acceptors (Lipinski definition) is 2. The zero-order valence-electron chi connectivity index (χ0n) is 11.1. The van der Waals surface area contributed by atoms with Crippen molar-refractivity contribution in [3.8, 4) is 0 Å². The van der Waals surface area contributed by atoms with Gasteiger partial charge >= 0.3 is 12.1 Å². The summed E-state index contributed by atoms with van der Waals surface area (Å²) >= 11 is 0. The number of alkyl halides is 5. The Kier molecular flexibility index (Phi) is 3.28. The van der Waals surface area contributed by atoms with Gasteiger partial charge in [0.15, 0.2) is 6.10 Å². The second-order valence-corrected chi connectivity index (χ2v) is 5.41. The molecule has 1 unspecified atom stereocenters. The van der Waals surface area contributed by atoms with Crippen LogP contribution in [-0.4, -0.2) is 23.1 Å². The van der Waals surface area contributed by atoms with Crippen LogP contribution in [0, 0.1) is 0 Å². The first-order valence-corrected chi connectivity index (χ1v) is 5.97. The number of anilines is 1. The number of amides is 1. The van der Waals surface area contributed by atoms with Crippen LogP contribution >= 0.6 is 0 Å². The molecular formula is C13H12F5NO2. The van der Waals surface area contributed by atoms with Crippen LogP contribution < -0.4 is 5.32 Å². The molecule has 0 aliphatic carbocycles. The Hall–Kier alpha value is -1.70. The Morgan fingerprint density at radius 1 is 1.19 bits per heavy atom. The molecule has 0 aromatic heterocycles. The average molecular weight is 309 g/mol. The monoisotopic (exact) mass is 309 g/mol. The molecule has 2 rings (SSSR count). The third-order valence-electron chi connectivity index (χ3n) is 3.57. The number of nitrogens with one attached hydrogen (secondary N) is 1. The van der Waals surface area contributed by atoms with E-state index in [1.54, 1.807) is 0 Å². The predicted octanol–water partition coefficient (Wildman–Crippen LogP) is 3.15. The number of benzene rings is 1. The molecule has 1 heterocycles. The van der Waals surface area contributed by atoms with Crippen LogP contribution in [0.5, 0.6) is 0 Å². The summed E-state index contributed by atoms with van der Waals surface area (Å²) in [5.41, 5.74) is -1.07. The molecule has 0 spiro atoms. The van der Waals surface area contributed by atoms with Crippen LogP contribution in [0.25, 0.3) is 0 Å². The van der Waals surface area contributed by atoms with Crippen molar-refractivity contribution < 1.29 is 31.9 Å². The average Bonchev–Trinajstić information content (AvgIpc) is 2.58. The smallest absolute Gasteiger partial charge is 0.382 e. The summed E-state index contributed by atoms with van der Waals surface area (Å²) in [6.07, 6.45) is -8.90. The zero-order valence-corrected chi connectivity index (χ0v) is 11.1. The molecule has 1 amide bonds. The van der Waals surface area contributed by atoms with Crippen molar-refractivity contribution in [1.82, 2.24) is 0 Å². The van der Waals surface area contributed by atoms with Crippen molar-refractivity contribution in [3.05, 3.63) is 29.3 Å². The molecule has 1 atom stereocenters. The first-order chi connectivity index (χ1) is 9.39. The molecule has 0 fully saturated rings. The minimum atomic E-state index is -5.87. The van der Waals surface area contributed by atoms with E-state index in [-0.39, 0.29) is 5.56 Å². The molecule has 0 saturated heterocycles. The lowest BCUT2D eigenvalue weighted by Gasteiger charge is -2.26. The maximum absolute atomic E-state index is 13.2. The molecule has 0 radical (unpaired) electrons. The molecule has 1 aliphatic heterocycles. The van der Waals surface area contributed by atoms with Crippen LogP contribution in [0.3, 0.4) is 0 Å². The molecule has 3 nitrogen and oxygen atoms in total. The zero-order chi connectivity index (χ0) is 16.2. The minimum Gasteiger partial charge on any atom is -0.382 e. The largest absolute Gasteiger partial charge is 0.456 e. The number of rotatable bonds is 2. The summed E-state index contributed by atoms with van der Waals surface area (Å²) in [7, 11) is 0. The van der Waals surface area contributed by atoms with E-state index in [1.807, 2.05) is 0 Å². The van der Waals surface area contributed by atoms with Crippen LogP contribution in [0.15, 0.2) is 18.2 Å². The van der Waals surface area contributed by atoms with Gasteiger partial charge in [-0.25, -0.2) is 0 Å². The number of carbonyl (C=O) groups excluding carboxylic acids is 1. The highest BCUT2D eigenvalue weighted by atomic mass is 19.4. The topological polar surface area (TPSA) is 49.3 Å². The van der Waals surface area contributed by atoms with Crippen molar-refractivity contribution >= 4 is 11.6 Å². The van der Waals surface area contributed by atoms with Crippen molar-refractivity contribution in [2.24, 2.45) is 0 Å². The van der Waals surface area contributed by atoms with Gasteiger partial charge < -0.3 is 10.4 Å². The lowest BCUT2D eigenvalue weighted by atomic mass is 9.84. The Morgan fingerprint density at radius 2 is 1.76 bits per heavy atom. The van der Waals surface area contributed by atoms with Gasteiger partial charge in [-0.3, -0.25) is 4.79 Å². The fourth-order valence-corrected chi connectivity index (χ4v) is 2.12. The van der Waals surface area contributed by atoms with Crippen molar-refractivity contribution in [1.29, 1.82) is 0 Å². The van der Waals surface area contributed by atoms with E-state index in [9.17, 15) is 31.9 Å². The standard InChI is InChI=1S/C13H12F5NO2/c1-11(2)7-5-6(3-4-8(7)19-10(11)21)9(20)12(14,15)13(16,17)18/h3-5,9,20H,1-2H3,(H,19,21). The third-order valence-corrected chi connectivity index (χ3v) is 3.57. The summed E-state index contributed by atoms with van der Waals surface area (Å²) in [5, 5.41) is 11.9. The number of carbonyl (C=O) groups is 1. The predicted molar refractivity (Wildman–Crippen MR) is 64.1 cm³/mol. The number of hydrogen-bond donors (Lipinski definition) is 2. The van der Waals surface area contributed by atoms with Gasteiger partial charge in [0.25, 0.3) is 0 Å². The molecule has 0 bridgehead atoms. The summed E-state index contributed by atoms with van der Waals surface area (Å²) in [6, 6.07) is 3.13. The van der Waals surface area contributed by atoms with Gasteiger partial charge in [0.1, 0.15) is 0 Å². The van der Waals surface area contributed by atoms with Gasteiger partial charge in [0.05, 0.1) is 5.41 Å². The maximum Gasteiger partial charge on any atom is 0.456 e. The van der Waals surface area contributed by atoms with Gasteiger partial charge in [0.2, 0.25) is 5.91 Å². The Balaban J connectivity index is 2.46. The number of fused-ring (bicyclic) bond motifs is 1. The van der Waals surface area contributed by atoms with E-state index >= 15 is 0 Å². The van der Waals surface area contributed by atoms with Crippen LogP contribution in [-0.2, 0) is 10.2 Å². The first kappa shape index (κ1) is 15.7.